The molecule has 0 unspecified atom stereocenters. The first-order valence-electron chi connectivity index (χ1n) is 5.53. The predicted octanol–water partition coefficient (Wildman–Crippen LogP) is 2.49. The zero-order valence-electron chi connectivity index (χ0n) is 9.95. The van der Waals surface area contributed by atoms with E-state index in [0.717, 1.165) is 5.56 Å². The molecule has 0 bridgehead atoms. The van der Waals surface area contributed by atoms with Gasteiger partial charge in [0.1, 0.15) is 23.5 Å². The number of aromatic nitrogens is 2. The Morgan fingerprint density at radius 1 is 1.21 bits per heavy atom. The number of hydrogen-bond acceptors (Lipinski definition) is 5. The first kappa shape index (κ1) is 13.5. The van der Waals surface area contributed by atoms with Crippen molar-refractivity contribution >= 4 is 22.4 Å². The van der Waals surface area contributed by atoms with Gasteiger partial charge in [-0.2, -0.15) is 0 Å². The topological polar surface area (TPSA) is 61.3 Å². The summed E-state index contributed by atoms with van der Waals surface area (Å²) in [5.41, 5.74) is 1.49. The minimum absolute atomic E-state index is 0.0278. The summed E-state index contributed by atoms with van der Waals surface area (Å²) in [7, 11) is 0. The van der Waals surface area contributed by atoms with E-state index in [2.05, 4.69) is 30.6 Å². The molecule has 0 spiro atoms. The number of carbonyl (C=O) groups is 1. The second kappa shape index (κ2) is 6.84. The van der Waals surface area contributed by atoms with E-state index in [-0.39, 0.29) is 6.61 Å². The molecule has 1 aromatic heterocycles. The number of halogens is 1. The normalized spacial score (nSPS) is 9.95. The van der Waals surface area contributed by atoms with Gasteiger partial charge in [-0.1, -0.05) is 30.3 Å². The van der Waals surface area contributed by atoms with E-state index in [4.69, 9.17) is 4.74 Å². The molecule has 98 valence electrons. The fourth-order valence-electron chi connectivity index (χ4n) is 1.45. The SMILES string of the molecule is O=COCc1nc(Br)cnc1OCc1ccccc1. The maximum absolute atomic E-state index is 10.2. The lowest BCUT2D eigenvalue weighted by molar-refractivity contribution is -0.129. The van der Waals surface area contributed by atoms with Gasteiger partial charge in [0.25, 0.3) is 6.47 Å². The molecule has 0 N–H and O–H groups in total. The van der Waals surface area contributed by atoms with Crippen molar-refractivity contribution < 1.29 is 14.3 Å². The van der Waals surface area contributed by atoms with Crippen molar-refractivity contribution in [2.45, 2.75) is 13.2 Å². The van der Waals surface area contributed by atoms with Crippen LogP contribution in [-0.4, -0.2) is 16.4 Å². The number of benzene rings is 1. The van der Waals surface area contributed by atoms with Gasteiger partial charge in [-0.15, -0.1) is 0 Å². The maximum atomic E-state index is 10.2. The van der Waals surface area contributed by atoms with Gasteiger partial charge in [0, 0.05) is 0 Å². The summed E-state index contributed by atoms with van der Waals surface area (Å²) in [6.45, 7) is 0.773. The van der Waals surface area contributed by atoms with E-state index < -0.39 is 0 Å². The summed E-state index contributed by atoms with van der Waals surface area (Å²) in [6, 6.07) is 9.71. The molecule has 0 fully saturated rings. The lowest BCUT2D eigenvalue weighted by atomic mass is 10.2. The Balaban J connectivity index is 2.08. The van der Waals surface area contributed by atoms with Crippen molar-refractivity contribution in [2.24, 2.45) is 0 Å². The van der Waals surface area contributed by atoms with Crippen LogP contribution < -0.4 is 4.74 Å². The number of hydrogen-bond donors (Lipinski definition) is 0. The van der Waals surface area contributed by atoms with Crippen LogP contribution in [0.2, 0.25) is 0 Å². The van der Waals surface area contributed by atoms with Crippen LogP contribution in [0, 0.1) is 0 Å². The lowest BCUT2D eigenvalue weighted by Crippen LogP contribution is -2.04. The number of ether oxygens (including phenoxy) is 2. The average molecular weight is 323 g/mol. The van der Waals surface area contributed by atoms with E-state index >= 15 is 0 Å². The van der Waals surface area contributed by atoms with Crippen molar-refractivity contribution in [3.05, 3.63) is 52.4 Å². The molecule has 2 rings (SSSR count). The van der Waals surface area contributed by atoms with E-state index in [9.17, 15) is 4.79 Å². The Bertz CT molecular complexity index is 549. The third-order valence-corrected chi connectivity index (χ3v) is 2.67. The van der Waals surface area contributed by atoms with Crippen LogP contribution in [0.1, 0.15) is 11.3 Å². The van der Waals surface area contributed by atoms with Gasteiger partial charge in [-0.25, -0.2) is 9.97 Å². The predicted molar refractivity (Wildman–Crippen MR) is 71.4 cm³/mol. The molecule has 0 aliphatic rings. The lowest BCUT2D eigenvalue weighted by Gasteiger charge is -2.09. The Morgan fingerprint density at radius 3 is 2.74 bits per heavy atom. The molecular formula is C13H11BrN2O3. The molecule has 0 aliphatic carbocycles. The second-order valence-corrected chi connectivity index (χ2v) is 4.44. The van der Waals surface area contributed by atoms with Gasteiger partial charge < -0.3 is 9.47 Å². The molecule has 0 atom stereocenters. The minimum atomic E-state index is 0.0278. The number of nitrogens with zero attached hydrogens (tertiary/aromatic N) is 2. The van der Waals surface area contributed by atoms with Crippen LogP contribution >= 0.6 is 15.9 Å². The molecule has 1 aromatic carbocycles. The molecule has 0 aliphatic heterocycles. The minimum Gasteiger partial charge on any atom is -0.471 e. The largest absolute Gasteiger partial charge is 0.471 e. The quantitative estimate of drug-likeness (QED) is 0.765. The molecule has 0 saturated heterocycles. The standard InChI is InChI=1S/C13H11BrN2O3/c14-12-6-15-13(11(16-12)8-18-9-17)19-7-10-4-2-1-3-5-10/h1-6,9H,7-8H2. The second-order valence-electron chi connectivity index (χ2n) is 3.63. The first-order valence-corrected chi connectivity index (χ1v) is 6.32. The molecular weight excluding hydrogens is 312 g/mol. The zero-order valence-corrected chi connectivity index (χ0v) is 11.5. The molecule has 0 radical (unpaired) electrons. The Hall–Kier alpha value is -1.95. The van der Waals surface area contributed by atoms with Gasteiger partial charge in [-0.3, -0.25) is 4.79 Å². The Labute approximate surface area is 118 Å². The van der Waals surface area contributed by atoms with Crippen LogP contribution in [0.25, 0.3) is 0 Å². The molecule has 2 aromatic rings. The van der Waals surface area contributed by atoms with Gasteiger partial charge in [0.05, 0.1) is 6.20 Å². The highest BCUT2D eigenvalue weighted by molar-refractivity contribution is 9.10. The number of rotatable bonds is 6. The van der Waals surface area contributed by atoms with Crippen LogP contribution in [0.5, 0.6) is 5.88 Å². The van der Waals surface area contributed by atoms with Crippen molar-refractivity contribution in [2.75, 3.05) is 0 Å². The highest BCUT2D eigenvalue weighted by Crippen LogP contribution is 2.18. The zero-order chi connectivity index (χ0) is 13.5. The molecule has 19 heavy (non-hydrogen) atoms. The van der Waals surface area contributed by atoms with Crippen LogP contribution in [0.4, 0.5) is 0 Å². The van der Waals surface area contributed by atoms with Crippen LogP contribution in [0.15, 0.2) is 41.1 Å². The Morgan fingerprint density at radius 2 is 2.00 bits per heavy atom. The highest BCUT2D eigenvalue weighted by atomic mass is 79.9. The van der Waals surface area contributed by atoms with Crippen molar-refractivity contribution in [3.8, 4) is 5.88 Å². The molecule has 0 amide bonds. The van der Waals surface area contributed by atoms with E-state index in [1.807, 2.05) is 30.3 Å². The fraction of sp³-hybridized carbons (Fsp3) is 0.154. The average Bonchev–Trinajstić information content (AvgIpc) is 2.45. The summed E-state index contributed by atoms with van der Waals surface area (Å²) in [6.07, 6.45) is 1.53. The smallest absolute Gasteiger partial charge is 0.293 e. The summed E-state index contributed by atoms with van der Waals surface area (Å²) >= 11 is 3.21. The Kier molecular flexibility index (Phi) is 4.85. The van der Waals surface area contributed by atoms with Crippen LogP contribution in [-0.2, 0) is 22.7 Å². The van der Waals surface area contributed by atoms with Crippen molar-refractivity contribution in [1.29, 1.82) is 0 Å². The van der Waals surface area contributed by atoms with Crippen LogP contribution in [0.3, 0.4) is 0 Å². The van der Waals surface area contributed by atoms with Gasteiger partial charge >= 0.3 is 0 Å². The summed E-state index contributed by atoms with van der Waals surface area (Å²) < 4.78 is 10.8. The third kappa shape index (κ3) is 4.03. The molecule has 1 heterocycles. The van der Waals surface area contributed by atoms with E-state index in [0.29, 0.717) is 29.3 Å². The van der Waals surface area contributed by atoms with Crippen molar-refractivity contribution in [1.82, 2.24) is 9.97 Å². The van der Waals surface area contributed by atoms with Gasteiger partial charge in [0.2, 0.25) is 5.88 Å². The highest BCUT2D eigenvalue weighted by Gasteiger charge is 2.09. The van der Waals surface area contributed by atoms with E-state index in [1.165, 1.54) is 6.20 Å². The van der Waals surface area contributed by atoms with Gasteiger partial charge in [-0.05, 0) is 21.5 Å². The van der Waals surface area contributed by atoms with Crippen molar-refractivity contribution in [3.63, 3.8) is 0 Å². The maximum Gasteiger partial charge on any atom is 0.293 e. The van der Waals surface area contributed by atoms with E-state index in [1.54, 1.807) is 0 Å². The fourth-order valence-corrected chi connectivity index (χ4v) is 1.76. The van der Waals surface area contributed by atoms with Gasteiger partial charge in [0.15, 0.2) is 0 Å². The monoisotopic (exact) mass is 322 g/mol. The molecule has 6 heteroatoms. The summed E-state index contributed by atoms with van der Waals surface area (Å²) in [4.78, 5) is 18.5. The summed E-state index contributed by atoms with van der Waals surface area (Å²) in [5.74, 6) is 0.355. The third-order valence-electron chi connectivity index (χ3n) is 2.28. The molecule has 5 nitrogen and oxygen atoms in total. The number of carbonyl (C=O) groups excluding carboxylic acids is 1. The molecule has 0 saturated carbocycles. The summed E-state index contributed by atoms with van der Waals surface area (Å²) in [5, 5.41) is 0. The first-order chi connectivity index (χ1) is 9.29.